The molecule has 122 valence electrons. The molecule has 2 aromatic rings. The fourth-order valence-corrected chi connectivity index (χ4v) is 3.24. The third kappa shape index (κ3) is 3.67. The average Bonchev–Trinajstić information content (AvgIpc) is 3.02. The topological polar surface area (TPSA) is 67.2 Å². The van der Waals surface area contributed by atoms with Crippen LogP contribution in [0.4, 0.5) is 4.79 Å². The van der Waals surface area contributed by atoms with Crippen molar-refractivity contribution >= 4 is 17.6 Å². The van der Waals surface area contributed by atoms with E-state index in [2.05, 4.69) is 15.6 Å². The second-order valence-electron chi connectivity index (χ2n) is 5.82. The smallest absolute Gasteiger partial charge is 0.315 e. The number of nitrogens with one attached hydrogen (secondary N) is 2. The summed E-state index contributed by atoms with van der Waals surface area (Å²) in [5.74, 6) is 1.47. The molecule has 2 N–H and O–H groups in total. The van der Waals surface area contributed by atoms with Gasteiger partial charge in [0.25, 0.3) is 0 Å². The first kappa shape index (κ1) is 15.9. The van der Waals surface area contributed by atoms with Crippen LogP contribution in [0.2, 0.25) is 5.02 Å². The number of aromatic nitrogens is 1. The maximum atomic E-state index is 12.1. The number of hydrogen-bond acceptors (Lipinski definition) is 3. The molecule has 1 aromatic heterocycles. The zero-order chi connectivity index (χ0) is 16.4. The molecule has 0 aliphatic heterocycles. The van der Waals surface area contributed by atoms with Gasteiger partial charge in [0.1, 0.15) is 5.76 Å². The largest absolute Gasteiger partial charge is 0.446 e. The van der Waals surface area contributed by atoms with Crippen molar-refractivity contribution in [3.8, 4) is 0 Å². The highest BCUT2D eigenvalue weighted by atomic mass is 35.5. The number of carbonyl (C=O) groups is 1. The van der Waals surface area contributed by atoms with Crippen LogP contribution in [0.3, 0.4) is 0 Å². The number of rotatable bonds is 4. The molecular formula is C17H20ClN3O2. The monoisotopic (exact) mass is 333 g/mol. The number of benzene rings is 1. The predicted octanol–water partition coefficient (Wildman–Crippen LogP) is 3.47. The number of urea groups is 1. The molecule has 1 aliphatic carbocycles. The van der Waals surface area contributed by atoms with Crippen LogP contribution in [0.15, 0.2) is 22.6 Å². The van der Waals surface area contributed by atoms with Gasteiger partial charge < -0.3 is 15.1 Å². The van der Waals surface area contributed by atoms with E-state index in [0.29, 0.717) is 18.9 Å². The highest BCUT2D eigenvalue weighted by Crippen LogP contribution is 2.32. The Bertz CT molecular complexity index is 727. The van der Waals surface area contributed by atoms with Crippen LogP contribution in [-0.4, -0.2) is 17.6 Å². The molecule has 1 heterocycles. The number of carbonyl (C=O) groups excluding carboxylic acids is 1. The number of aryl methyl sites for hydroxylation is 3. The van der Waals surface area contributed by atoms with Crippen molar-refractivity contribution in [3.63, 3.8) is 0 Å². The Balaban J connectivity index is 1.50. The summed E-state index contributed by atoms with van der Waals surface area (Å²) in [5.41, 5.74) is 3.27. The van der Waals surface area contributed by atoms with Gasteiger partial charge in [-0.2, -0.15) is 0 Å². The van der Waals surface area contributed by atoms with E-state index in [1.165, 1.54) is 5.56 Å². The van der Waals surface area contributed by atoms with Crippen LogP contribution in [0, 0.1) is 13.8 Å². The minimum atomic E-state index is -0.157. The Morgan fingerprint density at radius 3 is 3.00 bits per heavy atom. The van der Waals surface area contributed by atoms with E-state index in [1.54, 1.807) is 0 Å². The Morgan fingerprint density at radius 2 is 2.26 bits per heavy atom. The maximum Gasteiger partial charge on any atom is 0.315 e. The molecule has 2 amide bonds. The number of hydrogen-bond donors (Lipinski definition) is 2. The Labute approximate surface area is 140 Å². The first-order chi connectivity index (χ1) is 11.0. The fourth-order valence-electron chi connectivity index (χ4n) is 3.04. The first-order valence-corrected chi connectivity index (χ1v) is 8.16. The molecule has 0 bridgehead atoms. The molecule has 0 saturated carbocycles. The van der Waals surface area contributed by atoms with E-state index in [9.17, 15) is 4.79 Å². The minimum absolute atomic E-state index is 0.0540. The van der Waals surface area contributed by atoms with Gasteiger partial charge in [-0.25, -0.2) is 9.78 Å². The molecule has 5 nitrogen and oxygen atoms in total. The first-order valence-electron chi connectivity index (χ1n) is 7.78. The molecule has 0 fully saturated rings. The summed E-state index contributed by atoms with van der Waals surface area (Å²) in [5, 5.41) is 6.65. The number of nitrogens with zero attached hydrogens (tertiary/aromatic N) is 1. The Kier molecular flexibility index (Phi) is 4.57. The van der Waals surface area contributed by atoms with Crippen LogP contribution in [0.25, 0.3) is 0 Å². The van der Waals surface area contributed by atoms with E-state index in [0.717, 1.165) is 34.9 Å². The van der Waals surface area contributed by atoms with Crippen LogP contribution in [0.5, 0.6) is 0 Å². The molecule has 6 heteroatoms. The SMILES string of the molecule is Cc1nc(CCNC(=O)N[C@@H]2CCc3cc(Cl)ccc32)c(C)o1. The number of amides is 2. The lowest BCUT2D eigenvalue weighted by Gasteiger charge is -2.15. The molecule has 0 radical (unpaired) electrons. The van der Waals surface area contributed by atoms with Gasteiger partial charge in [-0.1, -0.05) is 17.7 Å². The summed E-state index contributed by atoms with van der Waals surface area (Å²) < 4.78 is 5.38. The zero-order valence-electron chi connectivity index (χ0n) is 13.3. The van der Waals surface area contributed by atoms with E-state index in [-0.39, 0.29) is 12.1 Å². The highest BCUT2D eigenvalue weighted by molar-refractivity contribution is 6.30. The van der Waals surface area contributed by atoms with E-state index >= 15 is 0 Å². The summed E-state index contributed by atoms with van der Waals surface area (Å²) in [6, 6.07) is 5.74. The number of fused-ring (bicyclic) bond motifs is 1. The van der Waals surface area contributed by atoms with Crippen LogP contribution in [-0.2, 0) is 12.8 Å². The lowest BCUT2D eigenvalue weighted by molar-refractivity contribution is 0.237. The van der Waals surface area contributed by atoms with E-state index in [4.69, 9.17) is 16.0 Å². The predicted molar refractivity (Wildman–Crippen MR) is 88.7 cm³/mol. The average molecular weight is 334 g/mol. The van der Waals surface area contributed by atoms with Crippen molar-refractivity contribution in [1.29, 1.82) is 0 Å². The molecule has 1 aliphatic rings. The van der Waals surface area contributed by atoms with Gasteiger partial charge >= 0.3 is 6.03 Å². The van der Waals surface area contributed by atoms with E-state index in [1.807, 2.05) is 32.0 Å². The minimum Gasteiger partial charge on any atom is -0.446 e. The lowest BCUT2D eigenvalue weighted by atomic mass is 10.1. The molecule has 0 saturated heterocycles. The molecule has 1 atom stereocenters. The Morgan fingerprint density at radius 1 is 1.43 bits per heavy atom. The summed E-state index contributed by atoms with van der Waals surface area (Å²) in [6.07, 6.45) is 2.51. The van der Waals surface area contributed by atoms with Crippen LogP contribution < -0.4 is 10.6 Å². The van der Waals surface area contributed by atoms with Gasteiger partial charge in [0.05, 0.1) is 11.7 Å². The second kappa shape index (κ2) is 6.62. The third-order valence-corrected chi connectivity index (χ3v) is 4.37. The van der Waals surface area contributed by atoms with Gasteiger partial charge in [0.15, 0.2) is 5.89 Å². The maximum absolute atomic E-state index is 12.1. The van der Waals surface area contributed by atoms with Gasteiger partial charge in [0.2, 0.25) is 0 Å². The van der Waals surface area contributed by atoms with Gasteiger partial charge in [-0.15, -0.1) is 0 Å². The molecule has 0 unspecified atom stereocenters. The molecule has 0 spiro atoms. The second-order valence-corrected chi connectivity index (χ2v) is 6.26. The van der Waals surface area contributed by atoms with Crippen molar-refractivity contribution in [3.05, 3.63) is 51.7 Å². The van der Waals surface area contributed by atoms with Gasteiger partial charge in [-0.3, -0.25) is 0 Å². The van der Waals surface area contributed by atoms with Crippen molar-refractivity contribution in [2.45, 2.75) is 39.2 Å². The van der Waals surface area contributed by atoms with Crippen molar-refractivity contribution in [1.82, 2.24) is 15.6 Å². The van der Waals surface area contributed by atoms with Crippen LogP contribution >= 0.6 is 11.6 Å². The van der Waals surface area contributed by atoms with E-state index < -0.39 is 0 Å². The van der Waals surface area contributed by atoms with Gasteiger partial charge in [-0.05, 0) is 43.0 Å². The summed E-state index contributed by atoms with van der Waals surface area (Å²) in [6.45, 7) is 4.23. The standard InChI is InChI=1S/C17H20ClN3O2/c1-10-15(20-11(2)23-10)7-8-19-17(22)21-16-6-3-12-9-13(18)4-5-14(12)16/h4-5,9,16H,3,6-8H2,1-2H3,(H2,19,21,22)/t16-/m1/s1. The zero-order valence-corrected chi connectivity index (χ0v) is 14.0. The highest BCUT2D eigenvalue weighted by Gasteiger charge is 2.23. The van der Waals surface area contributed by atoms with Crippen LogP contribution in [0.1, 0.15) is 40.9 Å². The Hall–Kier alpha value is -2.01. The summed E-state index contributed by atoms with van der Waals surface area (Å²) in [4.78, 5) is 16.4. The summed E-state index contributed by atoms with van der Waals surface area (Å²) in [7, 11) is 0. The molecule has 1 aromatic carbocycles. The van der Waals surface area contributed by atoms with Crippen molar-refractivity contribution in [2.24, 2.45) is 0 Å². The summed E-state index contributed by atoms with van der Waals surface area (Å²) >= 11 is 6.00. The fraction of sp³-hybridized carbons (Fsp3) is 0.412. The van der Waals surface area contributed by atoms with Crippen molar-refractivity contribution in [2.75, 3.05) is 6.54 Å². The van der Waals surface area contributed by atoms with Crippen molar-refractivity contribution < 1.29 is 9.21 Å². The normalized spacial score (nSPS) is 16.2. The lowest BCUT2D eigenvalue weighted by Crippen LogP contribution is -2.38. The quantitative estimate of drug-likeness (QED) is 0.900. The van der Waals surface area contributed by atoms with Gasteiger partial charge in [0, 0.05) is 24.9 Å². The molecule has 3 rings (SSSR count). The third-order valence-electron chi connectivity index (χ3n) is 4.14. The molecular weight excluding hydrogens is 314 g/mol. The molecule has 23 heavy (non-hydrogen) atoms. The number of oxazole rings is 1. The number of halogens is 1.